The molecule has 5 nitrogen and oxygen atoms in total. The minimum atomic E-state index is 0.573. The molecule has 10 rings (SSSR count). The lowest BCUT2D eigenvalue weighted by Gasteiger charge is -2.10. The van der Waals surface area contributed by atoms with Crippen LogP contribution in [0.1, 0.15) is 0 Å². The van der Waals surface area contributed by atoms with Gasteiger partial charge in [-0.1, -0.05) is 133 Å². The molecule has 0 aliphatic carbocycles. The highest BCUT2D eigenvalue weighted by Crippen LogP contribution is 2.40. The number of hydrogen-bond donors (Lipinski definition) is 0. The van der Waals surface area contributed by atoms with E-state index in [2.05, 4.69) is 109 Å². The van der Waals surface area contributed by atoms with Crippen molar-refractivity contribution < 1.29 is 0 Å². The molecule has 48 heavy (non-hydrogen) atoms. The van der Waals surface area contributed by atoms with Gasteiger partial charge in [0.2, 0.25) is 0 Å². The maximum atomic E-state index is 5.05. The Kier molecular flexibility index (Phi) is 5.98. The molecule has 3 heterocycles. The Morgan fingerprint density at radius 3 is 2.04 bits per heavy atom. The number of aromatic nitrogens is 5. The predicted molar refractivity (Wildman–Crippen MR) is 198 cm³/mol. The fourth-order valence-electron chi connectivity index (χ4n) is 6.81. The van der Waals surface area contributed by atoms with Crippen LogP contribution in [0, 0.1) is 0 Å². The highest BCUT2D eigenvalue weighted by Gasteiger charge is 2.18. The van der Waals surface area contributed by atoms with Gasteiger partial charge in [0.1, 0.15) is 5.01 Å². The molecule has 0 spiro atoms. The summed E-state index contributed by atoms with van der Waals surface area (Å²) in [4.78, 5) is 15.1. The predicted octanol–water partition coefficient (Wildman–Crippen LogP) is 10.9. The molecule has 0 N–H and O–H groups in total. The average Bonchev–Trinajstić information content (AvgIpc) is 3.80. The molecule has 0 radical (unpaired) electrons. The Balaban J connectivity index is 1.16. The van der Waals surface area contributed by atoms with Crippen molar-refractivity contribution in [1.29, 1.82) is 0 Å². The van der Waals surface area contributed by atoms with E-state index in [1.165, 1.54) is 26.2 Å². The van der Waals surface area contributed by atoms with Crippen LogP contribution in [0.3, 0.4) is 0 Å². The van der Waals surface area contributed by atoms with E-state index >= 15 is 0 Å². The molecule has 10 aromatic rings. The van der Waals surface area contributed by atoms with E-state index in [-0.39, 0.29) is 0 Å². The van der Waals surface area contributed by atoms with Crippen LogP contribution in [-0.4, -0.2) is 24.6 Å². The Bertz CT molecular complexity index is 2840. The Morgan fingerprint density at radius 2 is 1.19 bits per heavy atom. The van der Waals surface area contributed by atoms with E-state index in [4.69, 9.17) is 20.1 Å². The van der Waals surface area contributed by atoms with Gasteiger partial charge in [-0.15, -0.1) is 16.4 Å². The number of hydrogen-bond acceptors (Lipinski definition) is 5. The zero-order valence-corrected chi connectivity index (χ0v) is 26.4. The highest BCUT2D eigenvalue weighted by molar-refractivity contribution is 7.22. The normalized spacial score (nSPS) is 11.8. The second-order valence-corrected chi connectivity index (χ2v) is 12.9. The largest absolute Gasteiger partial charge is 0.253 e. The fraction of sp³-hybridized carbons (Fsp3) is 0. The van der Waals surface area contributed by atoms with Gasteiger partial charge in [0.15, 0.2) is 5.82 Å². The van der Waals surface area contributed by atoms with Crippen molar-refractivity contribution in [2.45, 2.75) is 0 Å². The number of rotatable bonds is 4. The highest BCUT2D eigenvalue weighted by atomic mass is 32.1. The molecular formula is C42H25N5S. The van der Waals surface area contributed by atoms with Gasteiger partial charge in [0, 0.05) is 27.5 Å². The number of nitrogens with zero attached hydrogens (tertiary/aromatic N) is 5. The van der Waals surface area contributed by atoms with Crippen molar-refractivity contribution in [2.75, 3.05) is 0 Å². The molecule has 0 fully saturated rings. The Labute approximate surface area is 279 Å². The summed E-state index contributed by atoms with van der Waals surface area (Å²) in [5.74, 6) is 1.22. The zero-order valence-electron chi connectivity index (χ0n) is 25.6. The quantitative estimate of drug-likeness (QED) is 0.181. The first-order valence-corrected chi connectivity index (χ1v) is 16.7. The first kappa shape index (κ1) is 26.9. The third-order valence-electron chi connectivity index (χ3n) is 9.09. The summed E-state index contributed by atoms with van der Waals surface area (Å²) >= 11 is 1.76. The van der Waals surface area contributed by atoms with Crippen molar-refractivity contribution in [1.82, 2.24) is 24.6 Å². The maximum absolute atomic E-state index is 5.05. The van der Waals surface area contributed by atoms with Crippen LogP contribution in [0.4, 0.5) is 0 Å². The van der Waals surface area contributed by atoms with Gasteiger partial charge in [-0.3, -0.25) is 0 Å². The molecule has 224 valence electrons. The first-order chi connectivity index (χ1) is 23.8. The molecule has 6 heteroatoms. The van der Waals surface area contributed by atoms with Gasteiger partial charge in [-0.25, -0.2) is 9.97 Å². The summed E-state index contributed by atoms with van der Waals surface area (Å²) in [6.45, 7) is 0. The van der Waals surface area contributed by atoms with Gasteiger partial charge in [-0.2, -0.15) is 9.50 Å². The second-order valence-electron chi connectivity index (χ2n) is 11.9. The standard InChI is InChI=1S/C42H25N5S/c1-3-11-28(12-4-1)38-33-17-9-10-18-36(33)47-42(44-38)45-40(46-47)32-16-8-7-15-31(32)30-22-20-26-19-21-27-23-24-35-39(37(27)34(26)25-30)48-41(43-35)29-13-5-2-6-14-29/h1-25H. The molecule has 7 aromatic carbocycles. The van der Waals surface area contributed by atoms with Crippen LogP contribution in [0.2, 0.25) is 0 Å². The van der Waals surface area contributed by atoms with Crippen molar-refractivity contribution in [3.8, 4) is 44.3 Å². The summed E-state index contributed by atoms with van der Waals surface area (Å²) < 4.78 is 3.07. The van der Waals surface area contributed by atoms with Crippen LogP contribution >= 0.6 is 11.3 Å². The summed E-state index contributed by atoms with van der Waals surface area (Å²) in [6, 6.07) is 52.8. The molecule has 0 bridgehead atoms. The molecule has 0 aliphatic rings. The first-order valence-electron chi connectivity index (χ1n) is 15.9. The van der Waals surface area contributed by atoms with Gasteiger partial charge in [0.25, 0.3) is 5.78 Å². The number of para-hydroxylation sites is 1. The zero-order chi connectivity index (χ0) is 31.6. The maximum Gasteiger partial charge on any atom is 0.253 e. The Morgan fingerprint density at radius 1 is 0.500 bits per heavy atom. The van der Waals surface area contributed by atoms with E-state index in [1.54, 1.807) is 11.3 Å². The summed E-state index contributed by atoms with van der Waals surface area (Å²) in [5.41, 5.74) is 8.22. The van der Waals surface area contributed by atoms with Crippen LogP contribution < -0.4 is 0 Å². The summed E-state index contributed by atoms with van der Waals surface area (Å²) in [7, 11) is 0. The number of thiazole rings is 1. The molecular weight excluding hydrogens is 607 g/mol. The molecule has 0 amide bonds. The van der Waals surface area contributed by atoms with Crippen LogP contribution in [-0.2, 0) is 0 Å². The van der Waals surface area contributed by atoms with Crippen molar-refractivity contribution in [3.63, 3.8) is 0 Å². The van der Waals surface area contributed by atoms with Gasteiger partial charge >= 0.3 is 0 Å². The summed E-state index contributed by atoms with van der Waals surface area (Å²) in [5, 5.41) is 12.0. The topological polar surface area (TPSA) is 56.0 Å². The van der Waals surface area contributed by atoms with Crippen LogP contribution in [0.15, 0.2) is 152 Å². The van der Waals surface area contributed by atoms with Crippen molar-refractivity contribution in [3.05, 3.63) is 152 Å². The van der Waals surface area contributed by atoms with Crippen LogP contribution in [0.25, 0.3) is 92.8 Å². The molecule has 0 unspecified atom stereocenters. The van der Waals surface area contributed by atoms with E-state index in [1.807, 2.05) is 47.0 Å². The molecule has 3 aromatic heterocycles. The molecule has 0 saturated carbocycles. The fourth-order valence-corrected chi connectivity index (χ4v) is 7.95. The third kappa shape index (κ3) is 4.24. The van der Waals surface area contributed by atoms with E-state index in [9.17, 15) is 0 Å². The monoisotopic (exact) mass is 631 g/mol. The number of fused-ring (bicyclic) bond motifs is 8. The minimum Gasteiger partial charge on any atom is -0.236 e. The second kappa shape index (κ2) is 10.7. The molecule has 0 aliphatic heterocycles. The van der Waals surface area contributed by atoms with Gasteiger partial charge < -0.3 is 0 Å². The smallest absolute Gasteiger partial charge is 0.236 e. The molecule has 0 saturated heterocycles. The van der Waals surface area contributed by atoms with E-state index < -0.39 is 0 Å². The van der Waals surface area contributed by atoms with Crippen LogP contribution in [0.5, 0.6) is 0 Å². The molecule has 0 atom stereocenters. The van der Waals surface area contributed by atoms with Crippen molar-refractivity contribution in [2.24, 2.45) is 0 Å². The van der Waals surface area contributed by atoms with Gasteiger partial charge in [-0.05, 0) is 45.5 Å². The SMILES string of the molecule is c1ccc(-c2nc3ccc4ccc5ccc(-c6ccccc6-c6nc7nc(-c8ccccc8)c8ccccc8n7n6)cc5c4c3s2)cc1. The lowest BCUT2D eigenvalue weighted by Crippen LogP contribution is -1.97. The number of benzene rings is 7. The minimum absolute atomic E-state index is 0.573. The van der Waals surface area contributed by atoms with Crippen molar-refractivity contribution >= 4 is 59.8 Å². The van der Waals surface area contributed by atoms with E-state index in [0.717, 1.165) is 54.9 Å². The lowest BCUT2D eigenvalue weighted by molar-refractivity contribution is 0.989. The summed E-state index contributed by atoms with van der Waals surface area (Å²) in [6.07, 6.45) is 0. The lowest BCUT2D eigenvalue weighted by atomic mass is 9.94. The van der Waals surface area contributed by atoms with Gasteiger partial charge in [0.05, 0.1) is 21.4 Å². The Hall–Kier alpha value is -6.24. The average molecular weight is 632 g/mol. The third-order valence-corrected chi connectivity index (χ3v) is 10.2. The van der Waals surface area contributed by atoms with E-state index in [0.29, 0.717) is 11.6 Å².